The van der Waals surface area contributed by atoms with Crippen molar-refractivity contribution in [1.29, 1.82) is 0 Å². The summed E-state index contributed by atoms with van der Waals surface area (Å²) < 4.78 is 11.2. The van der Waals surface area contributed by atoms with Crippen molar-refractivity contribution in [2.75, 3.05) is 18.5 Å². The predicted molar refractivity (Wildman–Crippen MR) is 82.9 cm³/mol. The van der Waals surface area contributed by atoms with Crippen LogP contribution in [0.15, 0.2) is 48.5 Å². The largest absolute Gasteiger partial charge is 0.490 e. The lowest BCUT2D eigenvalue weighted by molar-refractivity contribution is -0.114. The van der Waals surface area contributed by atoms with Crippen LogP contribution in [0.4, 0.5) is 5.69 Å². The average Bonchev–Trinajstić information content (AvgIpc) is 2.46. The van der Waals surface area contributed by atoms with E-state index in [-0.39, 0.29) is 5.91 Å². The monoisotopic (exact) mass is 285 g/mol. The predicted octanol–water partition coefficient (Wildman–Crippen LogP) is 3.41. The first-order valence-corrected chi connectivity index (χ1v) is 6.84. The SMILES string of the molecule is CC(=O)Nc1ccccc1OCCOc1ccc(C)cc1. The zero-order valence-electron chi connectivity index (χ0n) is 12.3. The maximum atomic E-state index is 11.1. The van der Waals surface area contributed by atoms with E-state index in [1.807, 2.05) is 49.4 Å². The van der Waals surface area contributed by atoms with Crippen LogP contribution in [0.1, 0.15) is 12.5 Å². The topological polar surface area (TPSA) is 47.6 Å². The number of nitrogens with one attached hydrogen (secondary N) is 1. The molecule has 0 aliphatic rings. The molecule has 4 heteroatoms. The summed E-state index contributed by atoms with van der Waals surface area (Å²) in [5.41, 5.74) is 1.86. The molecule has 0 heterocycles. The minimum atomic E-state index is -0.123. The van der Waals surface area contributed by atoms with Crippen LogP contribution in [-0.4, -0.2) is 19.1 Å². The summed E-state index contributed by atoms with van der Waals surface area (Å²) in [6.07, 6.45) is 0. The summed E-state index contributed by atoms with van der Waals surface area (Å²) >= 11 is 0. The van der Waals surface area contributed by atoms with Crippen LogP contribution in [0.5, 0.6) is 11.5 Å². The highest BCUT2D eigenvalue weighted by molar-refractivity contribution is 5.90. The van der Waals surface area contributed by atoms with Gasteiger partial charge in [-0.15, -0.1) is 0 Å². The van der Waals surface area contributed by atoms with Crippen LogP contribution < -0.4 is 14.8 Å². The molecule has 0 saturated carbocycles. The summed E-state index contributed by atoms with van der Waals surface area (Å²) in [6.45, 7) is 4.35. The standard InChI is InChI=1S/C17H19NO3/c1-13-7-9-15(10-8-13)20-11-12-21-17-6-4-3-5-16(17)18-14(2)19/h3-10H,11-12H2,1-2H3,(H,18,19). The van der Waals surface area contributed by atoms with Gasteiger partial charge < -0.3 is 14.8 Å². The van der Waals surface area contributed by atoms with Crippen LogP contribution in [0.3, 0.4) is 0 Å². The van der Waals surface area contributed by atoms with Crippen molar-refractivity contribution < 1.29 is 14.3 Å². The number of hydrogen-bond acceptors (Lipinski definition) is 3. The van der Waals surface area contributed by atoms with Crippen LogP contribution in [0.25, 0.3) is 0 Å². The molecular formula is C17H19NO3. The van der Waals surface area contributed by atoms with Crippen LogP contribution in [0, 0.1) is 6.92 Å². The van der Waals surface area contributed by atoms with Gasteiger partial charge in [-0.1, -0.05) is 29.8 Å². The fourth-order valence-corrected chi connectivity index (χ4v) is 1.83. The van der Waals surface area contributed by atoms with Gasteiger partial charge in [-0.05, 0) is 31.2 Å². The molecule has 0 unspecified atom stereocenters. The number of aryl methyl sites for hydroxylation is 1. The fourth-order valence-electron chi connectivity index (χ4n) is 1.83. The third kappa shape index (κ3) is 4.84. The molecule has 0 atom stereocenters. The molecule has 0 fully saturated rings. The number of ether oxygens (including phenoxy) is 2. The van der Waals surface area contributed by atoms with Crippen LogP contribution in [-0.2, 0) is 4.79 Å². The molecule has 2 rings (SSSR count). The molecule has 0 aliphatic heterocycles. The Labute approximate surface area is 124 Å². The highest BCUT2D eigenvalue weighted by Crippen LogP contribution is 2.23. The van der Waals surface area contributed by atoms with Gasteiger partial charge in [0, 0.05) is 6.92 Å². The third-order valence-corrected chi connectivity index (χ3v) is 2.83. The Balaban J connectivity index is 1.83. The quantitative estimate of drug-likeness (QED) is 0.827. The van der Waals surface area contributed by atoms with Crippen LogP contribution >= 0.6 is 0 Å². The second-order valence-corrected chi connectivity index (χ2v) is 4.69. The fraction of sp³-hybridized carbons (Fsp3) is 0.235. The van der Waals surface area contributed by atoms with E-state index in [2.05, 4.69) is 5.32 Å². The lowest BCUT2D eigenvalue weighted by Gasteiger charge is -2.12. The van der Waals surface area contributed by atoms with Crippen molar-refractivity contribution >= 4 is 11.6 Å². The number of carbonyl (C=O) groups is 1. The van der Waals surface area contributed by atoms with E-state index in [9.17, 15) is 4.79 Å². The van der Waals surface area contributed by atoms with E-state index in [1.54, 1.807) is 6.07 Å². The third-order valence-electron chi connectivity index (χ3n) is 2.83. The Morgan fingerprint density at radius 3 is 2.38 bits per heavy atom. The second kappa shape index (κ2) is 7.33. The molecule has 0 aromatic heterocycles. The van der Waals surface area contributed by atoms with Crippen LogP contribution in [0.2, 0.25) is 0 Å². The molecule has 0 saturated heterocycles. The van der Waals surface area contributed by atoms with Gasteiger partial charge in [-0.25, -0.2) is 0 Å². The van der Waals surface area contributed by atoms with Crippen molar-refractivity contribution in [1.82, 2.24) is 0 Å². The minimum Gasteiger partial charge on any atom is -0.490 e. The lowest BCUT2D eigenvalue weighted by Crippen LogP contribution is -2.12. The Kier molecular flexibility index (Phi) is 5.21. The Bertz CT molecular complexity index is 593. The maximum absolute atomic E-state index is 11.1. The van der Waals surface area contributed by atoms with E-state index in [4.69, 9.17) is 9.47 Å². The second-order valence-electron chi connectivity index (χ2n) is 4.69. The number of rotatable bonds is 6. The first-order valence-electron chi connectivity index (χ1n) is 6.84. The average molecular weight is 285 g/mol. The normalized spacial score (nSPS) is 10.0. The van der Waals surface area contributed by atoms with Gasteiger partial charge in [-0.3, -0.25) is 4.79 Å². The summed E-state index contributed by atoms with van der Waals surface area (Å²) in [5.74, 6) is 1.33. The molecule has 1 N–H and O–H groups in total. The van der Waals surface area contributed by atoms with Gasteiger partial charge in [0.1, 0.15) is 24.7 Å². The van der Waals surface area contributed by atoms with Crippen molar-refractivity contribution in [2.45, 2.75) is 13.8 Å². The highest BCUT2D eigenvalue weighted by Gasteiger charge is 2.04. The summed E-state index contributed by atoms with van der Waals surface area (Å²) in [5, 5.41) is 2.73. The lowest BCUT2D eigenvalue weighted by atomic mass is 10.2. The highest BCUT2D eigenvalue weighted by atomic mass is 16.5. The number of carbonyl (C=O) groups excluding carboxylic acids is 1. The number of para-hydroxylation sites is 2. The van der Waals surface area contributed by atoms with Gasteiger partial charge in [0.25, 0.3) is 0 Å². The zero-order valence-corrected chi connectivity index (χ0v) is 12.3. The molecule has 0 spiro atoms. The van der Waals surface area contributed by atoms with Gasteiger partial charge in [0.05, 0.1) is 5.69 Å². The van der Waals surface area contributed by atoms with Gasteiger partial charge in [-0.2, -0.15) is 0 Å². The Morgan fingerprint density at radius 1 is 1.00 bits per heavy atom. The smallest absolute Gasteiger partial charge is 0.221 e. The molecule has 2 aromatic rings. The summed E-state index contributed by atoms with van der Waals surface area (Å²) in [6, 6.07) is 15.2. The first kappa shape index (κ1) is 14.9. The maximum Gasteiger partial charge on any atom is 0.221 e. The van der Waals surface area contributed by atoms with Crippen molar-refractivity contribution in [3.05, 3.63) is 54.1 Å². The van der Waals surface area contributed by atoms with Gasteiger partial charge in [0.2, 0.25) is 5.91 Å². The molecule has 0 bridgehead atoms. The molecule has 110 valence electrons. The van der Waals surface area contributed by atoms with E-state index < -0.39 is 0 Å². The number of amides is 1. The Morgan fingerprint density at radius 2 is 1.67 bits per heavy atom. The number of anilines is 1. The van der Waals surface area contributed by atoms with Crippen molar-refractivity contribution in [2.24, 2.45) is 0 Å². The van der Waals surface area contributed by atoms with Crippen molar-refractivity contribution in [3.8, 4) is 11.5 Å². The summed E-state index contributed by atoms with van der Waals surface area (Å²) in [4.78, 5) is 11.1. The molecular weight excluding hydrogens is 266 g/mol. The number of benzene rings is 2. The Hall–Kier alpha value is -2.49. The van der Waals surface area contributed by atoms with E-state index >= 15 is 0 Å². The molecule has 4 nitrogen and oxygen atoms in total. The molecule has 0 aliphatic carbocycles. The van der Waals surface area contributed by atoms with E-state index in [0.717, 1.165) is 5.75 Å². The van der Waals surface area contributed by atoms with Gasteiger partial charge in [0.15, 0.2) is 0 Å². The zero-order chi connectivity index (χ0) is 15.1. The van der Waals surface area contributed by atoms with Crippen molar-refractivity contribution in [3.63, 3.8) is 0 Å². The molecule has 2 aromatic carbocycles. The summed E-state index contributed by atoms with van der Waals surface area (Å²) in [7, 11) is 0. The first-order chi connectivity index (χ1) is 10.1. The minimum absolute atomic E-state index is 0.123. The molecule has 1 amide bonds. The van der Waals surface area contributed by atoms with E-state index in [0.29, 0.717) is 24.7 Å². The van der Waals surface area contributed by atoms with E-state index in [1.165, 1.54) is 12.5 Å². The number of hydrogen-bond donors (Lipinski definition) is 1. The van der Waals surface area contributed by atoms with Gasteiger partial charge >= 0.3 is 0 Å². The molecule has 0 radical (unpaired) electrons. The molecule has 21 heavy (non-hydrogen) atoms.